The average molecular weight is 190 g/mol. The van der Waals surface area contributed by atoms with E-state index in [2.05, 4.69) is 0 Å². The molecule has 0 saturated carbocycles. The molecule has 0 aromatic heterocycles. The van der Waals surface area contributed by atoms with Crippen molar-refractivity contribution in [3.8, 4) is 0 Å². The van der Waals surface area contributed by atoms with Crippen LogP contribution in [0.15, 0.2) is 0 Å². The number of ketones is 2. The van der Waals surface area contributed by atoms with E-state index in [-0.39, 0.29) is 0 Å². The van der Waals surface area contributed by atoms with Crippen molar-refractivity contribution in [2.75, 3.05) is 0 Å². The van der Waals surface area contributed by atoms with Gasteiger partial charge < -0.3 is 15.3 Å². The first kappa shape index (κ1) is 12.2. The number of carbonyl (C=O) groups is 2. The highest BCUT2D eigenvalue weighted by molar-refractivity contribution is 6.36. The molecule has 5 nitrogen and oxygen atoms in total. The number of rotatable bonds is 5. The van der Waals surface area contributed by atoms with Gasteiger partial charge in [-0.2, -0.15) is 0 Å². The number of hydrogen-bond acceptors (Lipinski definition) is 5. The molecule has 13 heavy (non-hydrogen) atoms. The zero-order valence-corrected chi connectivity index (χ0v) is 7.60. The highest BCUT2D eigenvalue weighted by Gasteiger charge is 2.24. The Balaban J connectivity index is 4.07. The molecule has 0 amide bonds. The summed E-state index contributed by atoms with van der Waals surface area (Å²) in [4.78, 5) is 21.2. The van der Waals surface area contributed by atoms with Crippen LogP contribution in [0.1, 0.15) is 20.3 Å². The number of hydrogen-bond donors (Lipinski definition) is 3. The predicted molar refractivity (Wildman–Crippen MR) is 44.0 cm³/mol. The van der Waals surface area contributed by atoms with Crippen molar-refractivity contribution in [1.29, 1.82) is 0 Å². The molecule has 0 fully saturated rings. The summed E-state index contributed by atoms with van der Waals surface area (Å²) in [7, 11) is 0. The summed E-state index contributed by atoms with van der Waals surface area (Å²) in [5, 5.41) is 27.0. The van der Waals surface area contributed by atoms with E-state index in [1.54, 1.807) is 0 Å². The van der Waals surface area contributed by atoms with E-state index in [9.17, 15) is 9.59 Å². The summed E-state index contributed by atoms with van der Waals surface area (Å²) >= 11 is 0. The van der Waals surface area contributed by atoms with Gasteiger partial charge in [0.1, 0.15) is 6.10 Å². The molecule has 0 aromatic rings. The first-order chi connectivity index (χ1) is 5.86. The summed E-state index contributed by atoms with van der Waals surface area (Å²) < 4.78 is 0. The zero-order valence-electron chi connectivity index (χ0n) is 7.60. The minimum Gasteiger partial charge on any atom is -0.391 e. The lowest BCUT2D eigenvalue weighted by Crippen LogP contribution is -2.37. The van der Waals surface area contributed by atoms with E-state index in [0.29, 0.717) is 0 Å². The van der Waals surface area contributed by atoms with Crippen LogP contribution in [-0.2, 0) is 9.59 Å². The van der Waals surface area contributed by atoms with Gasteiger partial charge in [0, 0.05) is 13.3 Å². The second-order valence-electron chi connectivity index (χ2n) is 2.98. The highest BCUT2D eigenvalue weighted by Crippen LogP contribution is 2.04. The summed E-state index contributed by atoms with van der Waals surface area (Å²) in [6, 6.07) is 0. The molecule has 3 atom stereocenters. The third-order valence-corrected chi connectivity index (χ3v) is 1.68. The number of aliphatic hydroxyl groups excluding tert-OH is 3. The minimum atomic E-state index is -1.40. The lowest BCUT2D eigenvalue weighted by Gasteiger charge is -2.18. The summed E-state index contributed by atoms with van der Waals surface area (Å²) in [6.45, 7) is 2.37. The quantitative estimate of drug-likeness (QED) is 0.465. The van der Waals surface area contributed by atoms with Crippen molar-refractivity contribution in [3.05, 3.63) is 0 Å². The summed E-state index contributed by atoms with van der Waals surface area (Å²) in [6.07, 6.45) is -4.38. The fraction of sp³-hybridized carbons (Fsp3) is 0.750. The molecule has 5 heteroatoms. The Morgan fingerprint density at radius 2 is 1.69 bits per heavy atom. The van der Waals surface area contributed by atoms with Crippen LogP contribution in [0.25, 0.3) is 0 Å². The molecule has 0 radical (unpaired) electrons. The zero-order chi connectivity index (χ0) is 10.6. The van der Waals surface area contributed by atoms with Crippen LogP contribution in [0.3, 0.4) is 0 Å². The third kappa shape index (κ3) is 4.12. The first-order valence-electron chi connectivity index (χ1n) is 3.94. The Bertz CT molecular complexity index is 199. The first-order valence-corrected chi connectivity index (χ1v) is 3.94. The van der Waals surface area contributed by atoms with Crippen LogP contribution in [0.2, 0.25) is 0 Å². The van der Waals surface area contributed by atoms with Crippen LogP contribution in [0, 0.1) is 0 Å². The topological polar surface area (TPSA) is 94.8 Å². The molecular formula is C8H14O5. The van der Waals surface area contributed by atoms with Gasteiger partial charge in [-0.25, -0.2) is 0 Å². The Hall–Kier alpha value is -0.780. The van der Waals surface area contributed by atoms with Crippen molar-refractivity contribution in [1.82, 2.24) is 0 Å². The van der Waals surface area contributed by atoms with E-state index in [4.69, 9.17) is 15.3 Å². The van der Waals surface area contributed by atoms with E-state index in [1.165, 1.54) is 6.92 Å². The van der Waals surface area contributed by atoms with Gasteiger partial charge in [0.15, 0.2) is 5.78 Å². The lowest BCUT2D eigenvalue weighted by atomic mass is 10.0. The van der Waals surface area contributed by atoms with Gasteiger partial charge >= 0.3 is 0 Å². The number of aliphatic hydroxyl groups is 3. The molecule has 0 saturated heterocycles. The van der Waals surface area contributed by atoms with Gasteiger partial charge in [0.25, 0.3) is 0 Å². The predicted octanol–water partition coefficient (Wildman–Crippen LogP) is -1.36. The number of carbonyl (C=O) groups excluding carboxylic acids is 2. The van der Waals surface area contributed by atoms with Gasteiger partial charge in [0.2, 0.25) is 5.78 Å². The average Bonchev–Trinajstić information content (AvgIpc) is 2.02. The van der Waals surface area contributed by atoms with E-state index >= 15 is 0 Å². The normalized spacial score (nSPS) is 17.6. The maximum Gasteiger partial charge on any atom is 0.200 e. The maximum absolute atomic E-state index is 10.8. The van der Waals surface area contributed by atoms with Gasteiger partial charge in [-0.15, -0.1) is 0 Å². The smallest absolute Gasteiger partial charge is 0.200 e. The molecule has 0 spiro atoms. The highest BCUT2D eigenvalue weighted by atomic mass is 16.4. The van der Waals surface area contributed by atoms with Crippen LogP contribution in [0.5, 0.6) is 0 Å². The second-order valence-corrected chi connectivity index (χ2v) is 2.98. The fourth-order valence-electron chi connectivity index (χ4n) is 0.776. The third-order valence-electron chi connectivity index (χ3n) is 1.68. The van der Waals surface area contributed by atoms with Crippen molar-refractivity contribution in [2.45, 2.75) is 38.6 Å². The van der Waals surface area contributed by atoms with Crippen LogP contribution in [-0.4, -0.2) is 45.2 Å². The Kier molecular flexibility index (Phi) is 4.76. The Labute approximate surface area is 76.0 Å². The van der Waals surface area contributed by atoms with Crippen LogP contribution < -0.4 is 0 Å². The molecule has 0 aliphatic heterocycles. The standard InChI is InChI=1S/C8H14O5/c1-4(9)6(11)3-7(12)8(13)5(2)10/h5,7-8,10,12-13H,3H2,1-2H3/t5-,7+,8-/m1/s1. The van der Waals surface area contributed by atoms with Gasteiger partial charge in [-0.1, -0.05) is 0 Å². The molecular weight excluding hydrogens is 176 g/mol. The Morgan fingerprint density at radius 3 is 2.00 bits per heavy atom. The Morgan fingerprint density at radius 1 is 1.23 bits per heavy atom. The van der Waals surface area contributed by atoms with Crippen molar-refractivity contribution in [2.24, 2.45) is 0 Å². The van der Waals surface area contributed by atoms with Crippen molar-refractivity contribution < 1.29 is 24.9 Å². The van der Waals surface area contributed by atoms with E-state index in [0.717, 1.165) is 6.92 Å². The van der Waals surface area contributed by atoms with E-state index in [1.807, 2.05) is 0 Å². The molecule has 3 N–H and O–H groups in total. The van der Waals surface area contributed by atoms with Crippen LogP contribution in [0.4, 0.5) is 0 Å². The lowest BCUT2D eigenvalue weighted by molar-refractivity contribution is -0.138. The molecule has 0 bridgehead atoms. The van der Waals surface area contributed by atoms with Crippen LogP contribution >= 0.6 is 0 Å². The van der Waals surface area contributed by atoms with E-state index < -0.39 is 36.3 Å². The van der Waals surface area contributed by atoms with Crippen molar-refractivity contribution >= 4 is 11.6 Å². The molecule has 76 valence electrons. The van der Waals surface area contributed by atoms with Gasteiger partial charge in [-0.05, 0) is 6.92 Å². The van der Waals surface area contributed by atoms with Gasteiger partial charge in [-0.3, -0.25) is 9.59 Å². The minimum absolute atomic E-state index is 0.457. The molecule has 0 aliphatic carbocycles. The molecule has 0 heterocycles. The molecule has 0 unspecified atom stereocenters. The number of Topliss-reactive ketones (excluding diaryl/α,β-unsaturated/α-hetero) is 2. The van der Waals surface area contributed by atoms with Gasteiger partial charge in [0.05, 0.1) is 12.2 Å². The maximum atomic E-state index is 10.8. The van der Waals surface area contributed by atoms with Crippen molar-refractivity contribution in [3.63, 3.8) is 0 Å². The fourth-order valence-corrected chi connectivity index (χ4v) is 0.776. The summed E-state index contributed by atoms with van der Waals surface area (Å²) in [5.74, 6) is -1.43. The summed E-state index contributed by atoms with van der Waals surface area (Å²) in [5.41, 5.74) is 0. The second kappa shape index (κ2) is 5.06. The monoisotopic (exact) mass is 190 g/mol. The molecule has 0 rings (SSSR count). The SMILES string of the molecule is CC(=O)C(=O)C[C@H](O)[C@H](O)[C@@H](C)O. The largest absolute Gasteiger partial charge is 0.391 e. The molecule has 0 aliphatic rings. The molecule has 0 aromatic carbocycles.